The Bertz CT molecular complexity index is 2210. The van der Waals surface area contributed by atoms with E-state index in [9.17, 15) is 116 Å². The van der Waals surface area contributed by atoms with E-state index in [1.807, 2.05) is 0 Å². The van der Waals surface area contributed by atoms with Crippen molar-refractivity contribution in [2.75, 3.05) is 39.6 Å². The smallest absolute Gasteiger partial charge is 0.364 e. The van der Waals surface area contributed by atoms with Gasteiger partial charge >= 0.3 is 5.97 Å². The third kappa shape index (κ3) is 15.8. The number of carbonyl (C=O) groups excluding carboxylic acids is 4. The molecule has 490 valence electrons. The summed E-state index contributed by atoms with van der Waals surface area (Å²) in [6.07, 6.45) is -54.1. The van der Waals surface area contributed by atoms with Gasteiger partial charge in [-0.3, -0.25) is 19.2 Å². The zero-order valence-corrected chi connectivity index (χ0v) is 45.9. The summed E-state index contributed by atoms with van der Waals surface area (Å²) in [6.45, 7) is -2.45. The third-order valence-corrected chi connectivity index (χ3v) is 15.0. The molecule has 0 saturated carbocycles. The highest BCUT2D eigenvalue weighted by atomic mass is 16.8. The van der Waals surface area contributed by atoms with Crippen molar-refractivity contribution in [1.82, 2.24) is 21.3 Å². The Hall–Kier alpha value is -3.77. The van der Waals surface area contributed by atoms with Crippen LogP contribution in [0.1, 0.15) is 34.1 Å². The first-order chi connectivity index (χ1) is 40.0. The Labute approximate surface area is 481 Å². The van der Waals surface area contributed by atoms with E-state index in [-0.39, 0.29) is 0 Å². The molecule has 6 heterocycles. The second-order valence-electron chi connectivity index (χ2n) is 21.2. The molecule has 85 heavy (non-hydrogen) atoms. The normalized spacial score (nSPS) is 45.0. The largest absolute Gasteiger partial charge is 0.477 e. The minimum absolute atomic E-state index is 0.795. The zero-order chi connectivity index (χ0) is 63.3. The van der Waals surface area contributed by atoms with E-state index >= 15 is 0 Å². The maximum Gasteiger partial charge on any atom is 0.364 e. The van der Waals surface area contributed by atoms with Crippen LogP contribution in [0.15, 0.2) is 0 Å². The van der Waals surface area contributed by atoms with Crippen LogP contribution in [0.5, 0.6) is 0 Å². The lowest BCUT2D eigenvalue weighted by Crippen LogP contribution is -2.72. The summed E-state index contributed by atoms with van der Waals surface area (Å²) in [5, 5.41) is 205. The van der Waals surface area contributed by atoms with Gasteiger partial charge in [0.25, 0.3) is 5.79 Å². The van der Waals surface area contributed by atoms with Crippen LogP contribution in [0.3, 0.4) is 0 Å². The van der Waals surface area contributed by atoms with Crippen LogP contribution in [-0.2, 0) is 76.1 Å². The first kappa shape index (κ1) is 70.3. The molecule has 1 unspecified atom stereocenters. The van der Waals surface area contributed by atoms with Crippen LogP contribution < -0.4 is 21.3 Å². The predicted octanol–water partition coefficient (Wildman–Crippen LogP) is -14.3. The molecule has 22 N–H and O–H groups in total. The second-order valence-corrected chi connectivity index (χ2v) is 21.2. The summed E-state index contributed by atoms with van der Waals surface area (Å²) >= 11 is 0. The number of amides is 4. The van der Waals surface area contributed by atoms with Crippen molar-refractivity contribution in [3.63, 3.8) is 0 Å². The van der Waals surface area contributed by atoms with Gasteiger partial charge in [-0.15, -0.1) is 0 Å². The summed E-state index contributed by atoms with van der Waals surface area (Å²) in [7, 11) is 0. The van der Waals surface area contributed by atoms with Crippen molar-refractivity contribution in [1.29, 1.82) is 0 Å². The van der Waals surface area contributed by atoms with Crippen LogP contribution in [0.4, 0.5) is 0 Å². The van der Waals surface area contributed by atoms with E-state index in [0.29, 0.717) is 0 Å². The molecule has 38 nitrogen and oxygen atoms in total. The van der Waals surface area contributed by atoms with Crippen molar-refractivity contribution in [3.8, 4) is 0 Å². The van der Waals surface area contributed by atoms with Crippen molar-refractivity contribution >= 4 is 29.6 Å². The molecular formula is C47H78N4O34. The Kier molecular flexibility index (Phi) is 24.9. The van der Waals surface area contributed by atoms with Crippen LogP contribution in [0.2, 0.25) is 0 Å². The van der Waals surface area contributed by atoms with Crippen molar-refractivity contribution in [2.24, 2.45) is 0 Å². The lowest BCUT2D eigenvalue weighted by atomic mass is 9.88. The molecule has 0 aromatic rings. The lowest BCUT2D eigenvalue weighted by molar-refractivity contribution is -0.399. The van der Waals surface area contributed by atoms with Crippen molar-refractivity contribution in [3.05, 3.63) is 0 Å². The Morgan fingerprint density at radius 3 is 1.48 bits per heavy atom. The van der Waals surface area contributed by atoms with Gasteiger partial charge in [0.2, 0.25) is 23.6 Å². The molecular weight excluding hydrogens is 1160 g/mol. The third-order valence-electron chi connectivity index (χ3n) is 15.0. The number of carboxylic acids is 1. The number of aliphatic hydroxyl groups excluding tert-OH is 17. The van der Waals surface area contributed by atoms with Gasteiger partial charge in [0.1, 0.15) is 140 Å². The number of aliphatic hydroxyl groups is 17. The van der Waals surface area contributed by atoms with Gasteiger partial charge in [-0.05, 0) is 0 Å². The number of ether oxygens (including phenoxy) is 11. The molecule has 6 rings (SSSR count). The Morgan fingerprint density at radius 2 is 0.941 bits per heavy atom. The van der Waals surface area contributed by atoms with Crippen LogP contribution >= 0.6 is 0 Å². The number of aliphatic carboxylic acids is 1. The Balaban J connectivity index is 1.33. The predicted molar refractivity (Wildman–Crippen MR) is 263 cm³/mol. The molecule has 6 aliphatic rings. The molecule has 4 amide bonds. The summed E-state index contributed by atoms with van der Waals surface area (Å²) < 4.78 is 64.1. The molecule has 6 fully saturated rings. The summed E-state index contributed by atoms with van der Waals surface area (Å²) in [6, 6.07) is -7.02. The molecule has 0 spiro atoms. The maximum absolute atomic E-state index is 13.5. The fourth-order valence-electron chi connectivity index (χ4n) is 10.7. The van der Waals surface area contributed by atoms with Crippen molar-refractivity contribution in [2.45, 2.75) is 224 Å². The molecule has 6 saturated heterocycles. The van der Waals surface area contributed by atoms with Gasteiger partial charge in [-0.25, -0.2) is 4.79 Å². The van der Waals surface area contributed by atoms with Crippen LogP contribution in [0.25, 0.3) is 0 Å². The number of carboxylic acid groups (broad SMARTS) is 1. The van der Waals surface area contributed by atoms with Crippen molar-refractivity contribution < 1.29 is 168 Å². The number of carbonyl (C=O) groups is 5. The average Bonchev–Trinajstić information content (AvgIpc) is 1.20. The standard InChI is InChI=1S/C47H78N4O34/c1-12(57)48-23-16(61)5-47(46(73)74,84-39(23)27(63)17(62)6-52)85-40-35(71)45(80-21(10-56)37(40)82-43-24(49-13(2)58)31(67)28(64)18(7-53)77-43)81-36-20(9-55)79-42(25(32(36)68)50-14(3)59)75-11-22-30(66)38(26(41(72)76-22)51-15(4)60)83-44-34(70)33(69)29(65)19(8-54)78-44/h16-45,52-56,61-72H,5-11H2,1-4H3,(H,48,57)(H,49,58)(H,50,59)(H,51,60)(H,73,74)/t16-,17+,18+,19+,20+,21+,22+,23+,24+,25+,26+,27+,28-,29-,30-,31+,32+,33-,34+,35+,36+,37-,38+,39+,40+,41?,42+,43-,44-,45-,47-/m0/s1. The fourth-order valence-corrected chi connectivity index (χ4v) is 10.7. The highest BCUT2D eigenvalue weighted by molar-refractivity contribution is 5.77. The van der Waals surface area contributed by atoms with E-state index in [4.69, 9.17) is 52.1 Å². The van der Waals surface area contributed by atoms with Gasteiger partial charge in [0.05, 0.1) is 51.8 Å². The molecule has 6 aliphatic heterocycles. The minimum atomic E-state index is -3.36. The second kappa shape index (κ2) is 30.2. The molecule has 31 atom stereocenters. The van der Waals surface area contributed by atoms with Gasteiger partial charge in [-0.1, -0.05) is 0 Å². The van der Waals surface area contributed by atoms with E-state index in [1.54, 1.807) is 0 Å². The van der Waals surface area contributed by atoms with E-state index in [1.165, 1.54) is 0 Å². The number of hydrogen-bond donors (Lipinski definition) is 22. The molecule has 0 aromatic carbocycles. The molecule has 0 bridgehead atoms. The highest BCUT2D eigenvalue weighted by Gasteiger charge is 2.62. The molecule has 38 heteroatoms. The SMILES string of the molecule is CC(=O)N[C@H]1[C@H](OC[C@H]2OC(O)[C@H](NC(C)=O)[C@@H](O[C@@H]3O[C@H](CO)[C@H](O)[C@H](O)[C@H]3O)[C@H]2O)O[C@H](CO)[C@@H](O[C@@H]2O[C@H](CO)[C@H](O[C@@H]3O[C@H](CO)[C@H](O)[C@H](O)[C@H]3NC(C)=O)[C@H](O[C@]3(C(=O)O)C[C@H](O)[C@@H](NC(C)=O)[C@H]([C@H](O)[C@H](O)CO)O3)[C@H]2O)[C@@H]1O. The average molecular weight is 1240 g/mol. The summed E-state index contributed by atoms with van der Waals surface area (Å²) in [4.78, 5) is 63.2. The van der Waals surface area contributed by atoms with Gasteiger partial charge < -0.3 is 165 Å². The Morgan fingerprint density at radius 1 is 0.482 bits per heavy atom. The quantitative estimate of drug-likeness (QED) is 0.0452. The molecule has 0 aliphatic carbocycles. The summed E-state index contributed by atoms with van der Waals surface area (Å²) in [5.74, 6) is -8.95. The first-order valence-electron chi connectivity index (χ1n) is 26.7. The molecule has 0 radical (unpaired) electrons. The van der Waals surface area contributed by atoms with Gasteiger partial charge in [0, 0.05) is 34.1 Å². The zero-order valence-electron chi connectivity index (χ0n) is 45.9. The fraction of sp³-hybridized carbons (Fsp3) is 0.894. The topological polar surface area (TPSA) is 599 Å². The first-order valence-corrected chi connectivity index (χ1v) is 26.7. The number of rotatable bonds is 23. The number of hydrogen-bond acceptors (Lipinski definition) is 33. The lowest BCUT2D eigenvalue weighted by Gasteiger charge is -2.52. The van der Waals surface area contributed by atoms with Crippen LogP contribution in [0, 0.1) is 0 Å². The minimum Gasteiger partial charge on any atom is -0.477 e. The monoisotopic (exact) mass is 1240 g/mol. The van der Waals surface area contributed by atoms with E-state index < -0.39 is 265 Å². The maximum atomic E-state index is 13.5. The highest BCUT2D eigenvalue weighted by Crippen LogP contribution is 2.41. The summed E-state index contributed by atoms with van der Waals surface area (Å²) in [5.41, 5.74) is 0. The number of nitrogens with one attached hydrogen (secondary N) is 4. The van der Waals surface area contributed by atoms with E-state index in [2.05, 4.69) is 21.3 Å². The van der Waals surface area contributed by atoms with Gasteiger partial charge in [-0.2, -0.15) is 0 Å². The van der Waals surface area contributed by atoms with E-state index in [0.717, 1.165) is 27.7 Å². The molecule has 0 aromatic heterocycles. The van der Waals surface area contributed by atoms with Crippen LogP contribution in [-0.4, -0.2) is 351 Å². The van der Waals surface area contributed by atoms with Gasteiger partial charge in [0.15, 0.2) is 31.5 Å².